The van der Waals surface area contributed by atoms with Gasteiger partial charge >= 0.3 is 5.63 Å². The molecule has 0 saturated carbocycles. The summed E-state index contributed by atoms with van der Waals surface area (Å²) in [4.78, 5) is 22.4. The first-order valence-electron chi connectivity index (χ1n) is 8.54. The number of rotatable bonds is 3. The van der Waals surface area contributed by atoms with Crippen LogP contribution < -0.4 is 5.63 Å². The van der Waals surface area contributed by atoms with E-state index in [1.807, 2.05) is 84.9 Å². The van der Waals surface area contributed by atoms with E-state index in [0.717, 1.165) is 16.5 Å². The number of carbonyl (C=O) groups excluding carboxylic acids is 1. The number of ketones is 1. The van der Waals surface area contributed by atoms with E-state index in [-0.39, 0.29) is 11.4 Å². The van der Waals surface area contributed by atoms with Crippen molar-refractivity contribution in [1.29, 1.82) is 0 Å². The maximum atomic E-state index is 11.7. The van der Waals surface area contributed by atoms with E-state index in [1.165, 1.54) is 6.07 Å². The van der Waals surface area contributed by atoms with Gasteiger partial charge in [0.2, 0.25) is 0 Å². The van der Waals surface area contributed by atoms with Gasteiger partial charge in [0, 0.05) is 17.0 Å². The number of benzene rings is 3. The van der Waals surface area contributed by atoms with Gasteiger partial charge in [-0.25, -0.2) is 4.79 Å². The lowest BCUT2D eigenvalue weighted by Crippen LogP contribution is -1.93. The summed E-state index contributed by atoms with van der Waals surface area (Å²) < 4.78 is 4.91. The number of allylic oxidation sites excluding steroid dienone is 1. The van der Waals surface area contributed by atoms with Crippen LogP contribution in [0.5, 0.6) is 0 Å². The summed E-state index contributed by atoms with van der Waals surface area (Å²) in [6.45, 7) is 0. The molecule has 3 heteroatoms. The fourth-order valence-corrected chi connectivity index (χ4v) is 2.45. The number of carbonyl (C=O) groups is 1. The third-order valence-corrected chi connectivity index (χ3v) is 3.81. The van der Waals surface area contributed by atoms with Crippen molar-refractivity contribution in [1.82, 2.24) is 0 Å². The van der Waals surface area contributed by atoms with Crippen molar-refractivity contribution in [2.24, 2.45) is 0 Å². The zero-order chi connectivity index (χ0) is 18.9. The highest BCUT2D eigenvalue weighted by Gasteiger charge is 1.98. The van der Waals surface area contributed by atoms with Gasteiger partial charge in [-0.05, 0) is 23.8 Å². The lowest BCUT2D eigenvalue weighted by Gasteiger charge is -1.94. The maximum absolute atomic E-state index is 11.7. The lowest BCUT2D eigenvalue weighted by molar-refractivity contribution is 0.104. The van der Waals surface area contributed by atoms with Crippen molar-refractivity contribution >= 4 is 22.8 Å². The standard InChI is InChI=1S/C15H12O.C9H6O2/c16-15(14-9-5-2-6-10-14)12-11-13-7-3-1-4-8-13;10-9-6-5-7-3-1-2-4-8(7)11-9/h1-12H;1-6H. The van der Waals surface area contributed by atoms with Crippen LogP contribution in [0, 0.1) is 0 Å². The second-order valence-electron chi connectivity index (χ2n) is 5.77. The fraction of sp³-hybridized carbons (Fsp3) is 0. The van der Waals surface area contributed by atoms with E-state index in [1.54, 1.807) is 18.2 Å². The summed E-state index contributed by atoms with van der Waals surface area (Å²) in [7, 11) is 0. The average molecular weight is 354 g/mol. The van der Waals surface area contributed by atoms with Gasteiger partial charge in [0.15, 0.2) is 5.78 Å². The molecule has 3 nitrogen and oxygen atoms in total. The molecule has 27 heavy (non-hydrogen) atoms. The summed E-state index contributed by atoms with van der Waals surface area (Å²) in [5.41, 5.74) is 2.09. The molecular formula is C24H18O3. The molecule has 0 aliphatic rings. The summed E-state index contributed by atoms with van der Waals surface area (Å²) in [6.07, 6.45) is 3.43. The first kappa shape index (κ1) is 18.1. The average Bonchev–Trinajstić information content (AvgIpc) is 2.74. The lowest BCUT2D eigenvalue weighted by atomic mass is 10.1. The first-order valence-corrected chi connectivity index (χ1v) is 8.54. The quantitative estimate of drug-likeness (QED) is 0.282. The Morgan fingerprint density at radius 3 is 2.07 bits per heavy atom. The van der Waals surface area contributed by atoms with Gasteiger partial charge in [-0.2, -0.15) is 0 Å². The van der Waals surface area contributed by atoms with Gasteiger partial charge in [-0.15, -0.1) is 0 Å². The van der Waals surface area contributed by atoms with Crippen molar-refractivity contribution in [3.63, 3.8) is 0 Å². The minimum atomic E-state index is -0.302. The minimum Gasteiger partial charge on any atom is -0.423 e. The summed E-state index contributed by atoms with van der Waals surface area (Å²) in [6, 6.07) is 29.6. The van der Waals surface area contributed by atoms with Gasteiger partial charge < -0.3 is 4.42 Å². The molecule has 0 spiro atoms. The van der Waals surface area contributed by atoms with Crippen LogP contribution in [0.1, 0.15) is 15.9 Å². The zero-order valence-electron chi connectivity index (χ0n) is 14.6. The molecule has 0 saturated heterocycles. The Morgan fingerprint density at radius 1 is 0.704 bits per heavy atom. The Hall–Kier alpha value is -3.72. The smallest absolute Gasteiger partial charge is 0.336 e. The highest BCUT2D eigenvalue weighted by molar-refractivity contribution is 6.06. The Bertz CT molecular complexity index is 1090. The monoisotopic (exact) mass is 354 g/mol. The molecule has 0 N–H and O–H groups in total. The SMILES string of the molecule is O=C(C=Cc1ccccc1)c1ccccc1.O=c1ccc2ccccc2o1. The summed E-state index contributed by atoms with van der Waals surface area (Å²) in [5, 5.41) is 0.951. The predicted molar refractivity (Wildman–Crippen MR) is 109 cm³/mol. The van der Waals surface area contributed by atoms with E-state index in [4.69, 9.17) is 4.42 Å². The third-order valence-electron chi connectivity index (χ3n) is 3.81. The predicted octanol–water partition coefficient (Wildman–Crippen LogP) is 5.38. The van der Waals surface area contributed by atoms with E-state index < -0.39 is 0 Å². The zero-order valence-corrected chi connectivity index (χ0v) is 14.6. The van der Waals surface area contributed by atoms with Crippen molar-refractivity contribution in [2.75, 3.05) is 0 Å². The molecule has 0 bridgehead atoms. The molecule has 0 aliphatic carbocycles. The Morgan fingerprint density at radius 2 is 1.33 bits per heavy atom. The molecule has 0 radical (unpaired) electrons. The number of para-hydroxylation sites is 1. The van der Waals surface area contributed by atoms with Crippen LogP contribution in [0.2, 0.25) is 0 Å². The van der Waals surface area contributed by atoms with Crippen LogP contribution in [0.4, 0.5) is 0 Å². The second-order valence-corrected chi connectivity index (χ2v) is 5.77. The molecule has 4 aromatic rings. The van der Waals surface area contributed by atoms with Crippen LogP contribution in [0.15, 0.2) is 112 Å². The van der Waals surface area contributed by atoms with E-state index in [0.29, 0.717) is 5.58 Å². The van der Waals surface area contributed by atoms with Gasteiger partial charge in [-0.1, -0.05) is 84.9 Å². The van der Waals surface area contributed by atoms with E-state index in [2.05, 4.69) is 0 Å². The minimum absolute atomic E-state index is 0.0319. The molecule has 132 valence electrons. The summed E-state index contributed by atoms with van der Waals surface area (Å²) >= 11 is 0. The third kappa shape index (κ3) is 5.38. The molecule has 0 amide bonds. The van der Waals surface area contributed by atoms with Crippen molar-refractivity contribution in [2.45, 2.75) is 0 Å². The summed E-state index contributed by atoms with van der Waals surface area (Å²) in [5.74, 6) is 0.0319. The van der Waals surface area contributed by atoms with Crippen LogP contribution in [0.3, 0.4) is 0 Å². The van der Waals surface area contributed by atoms with Gasteiger partial charge in [0.1, 0.15) is 5.58 Å². The van der Waals surface area contributed by atoms with Crippen LogP contribution in [0.25, 0.3) is 17.0 Å². The number of fused-ring (bicyclic) bond motifs is 1. The molecule has 0 unspecified atom stereocenters. The van der Waals surface area contributed by atoms with Crippen molar-refractivity contribution in [3.8, 4) is 0 Å². The van der Waals surface area contributed by atoms with Crippen LogP contribution in [-0.2, 0) is 0 Å². The van der Waals surface area contributed by atoms with Gasteiger partial charge in [0.25, 0.3) is 0 Å². The topological polar surface area (TPSA) is 47.3 Å². The molecule has 1 heterocycles. The Labute approximate surface area is 157 Å². The molecule has 3 aromatic carbocycles. The number of hydrogen-bond acceptors (Lipinski definition) is 3. The van der Waals surface area contributed by atoms with E-state index in [9.17, 15) is 9.59 Å². The van der Waals surface area contributed by atoms with E-state index >= 15 is 0 Å². The highest BCUT2D eigenvalue weighted by Crippen LogP contribution is 2.09. The Balaban J connectivity index is 0.000000166. The molecule has 1 aromatic heterocycles. The second kappa shape index (κ2) is 9.11. The molecule has 0 atom stereocenters. The molecule has 0 fully saturated rings. The van der Waals surface area contributed by atoms with Crippen molar-refractivity contribution < 1.29 is 9.21 Å². The van der Waals surface area contributed by atoms with Crippen LogP contribution >= 0.6 is 0 Å². The molecule has 4 rings (SSSR count). The molecule has 0 aliphatic heterocycles. The number of hydrogen-bond donors (Lipinski definition) is 0. The largest absolute Gasteiger partial charge is 0.423 e. The van der Waals surface area contributed by atoms with Crippen molar-refractivity contribution in [3.05, 3.63) is 125 Å². The maximum Gasteiger partial charge on any atom is 0.336 e. The van der Waals surface area contributed by atoms with Gasteiger partial charge in [0.05, 0.1) is 0 Å². The highest BCUT2D eigenvalue weighted by atomic mass is 16.4. The van der Waals surface area contributed by atoms with Gasteiger partial charge in [-0.3, -0.25) is 4.79 Å². The first-order chi connectivity index (χ1) is 13.2. The fourth-order valence-electron chi connectivity index (χ4n) is 2.45. The normalized spacial score (nSPS) is 10.4. The molecular weight excluding hydrogens is 336 g/mol. The Kier molecular flexibility index (Phi) is 6.10. The van der Waals surface area contributed by atoms with Crippen LogP contribution in [-0.4, -0.2) is 5.78 Å².